The van der Waals surface area contributed by atoms with Gasteiger partial charge in [0.25, 0.3) is 0 Å². The Balaban J connectivity index is 1.95. The first-order chi connectivity index (χ1) is 10.5. The second kappa shape index (κ2) is 5.66. The minimum Gasteiger partial charge on any atom is -0.340 e. The smallest absolute Gasteiger partial charge is 0.243 e. The lowest BCUT2D eigenvalue weighted by Crippen LogP contribution is -2.49. The largest absolute Gasteiger partial charge is 0.340 e. The summed E-state index contributed by atoms with van der Waals surface area (Å²) in [4.78, 5) is 17.3. The van der Waals surface area contributed by atoms with E-state index in [0.29, 0.717) is 36.5 Å². The molecule has 1 aromatic carbocycles. The summed E-state index contributed by atoms with van der Waals surface area (Å²) in [5.74, 6) is -0.0201. The van der Waals surface area contributed by atoms with Gasteiger partial charge in [0.15, 0.2) is 0 Å². The number of benzene rings is 1. The minimum absolute atomic E-state index is 0.0201. The number of fused-ring (bicyclic) bond motifs is 1. The number of amides is 1. The molecule has 0 radical (unpaired) electrons. The molecule has 0 N–H and O–H groups in total. The van der Waals surface area contributed by atoms with Gasteiger partial charge in [0.2, 0.25) is 15.9 Å². The fraction of sp³-hybridized carbons (Fsp3) is 0.333. The molecule has 0 atom stereocenters. The van der Waals surface area contributed by atoms with E-state index in [1.807, 2.05) is 6.07 Å². The van der Waals surface area contributed by atoms with Crippen LogP contribution in [0.25, 0.3) is 10.8 Å². The number of carbonyl (C=O) groups excluding carboxylic acids is 1. The molecule has 116 valence electrons. The predicted octanol–water partition coefficient (Wildman–Crippen LogP) is 1.09. The van der Waals surface area contributed by atoms with E-state index in [9.17, 15) is 13.2 Å². The van der Waals surface area contributed by atoms with Gasteiger partial charge in [-0.25, -0.2) is 8.42 Å². The molecule has 0 spiro atoms. The fourth-order valence-electron chi connectivity index (χ4n) is 2.70. The van der Waals surface area contributed by atoms with E-state index >= 15 is 0 Å². The van der Waals surface area contributed by atoms with Crippen LogP contribution in [0.5, 0.6) is 0 Å². The Labute approximate surface area is 129 Å². The highest BCUT2D eigenvalue weighted by molar-refractivity contribution is 7.89. The Kier molecular flexibility index (Phi) is 3.84. The summed E-state index contributed by atoms with van der Waals surface area (Å²) in [6, 6.07) is 6.90. The quantitative estimate of drug-likeness (QED) is 0.831. The molecule has 2 aromatic rings. The van der Waals surface area contributed by atoms with Gasteiger partial charge in [0, 0.05) is 56.3 Å². The van der Waals surface area contributed by atoms with Crippen molar-refractivity contribution >= 4 is 26.7 Å². The van der Waals surface area contributed by atoms with E-state index in [2.05, 4.69) is 4.98 Å². The number of piperazine rings is 1. The van der Waals surface area contributed by atoms with Crippen molar-refractivity contribution in [3.8, 4) is 0 Å². The minimum atomic E-state index is -3.57. The van der Waals surface area contributed by atoms with Crippen LogP contribution in [0.4, 0.5) is 0 Å². The van der Waals surface area contributed by atoms with Crippen LogP contribution in [0, 0.1) is 0 Å². The molecule has 0 bridgehead atoms. The SMILES string of the molecule is CC(=O)N1CCN(S(=O)(=O)c2cccc3cnccc23)CC1. The number of pyridine rings is 1. The maximum Gasteiger partial charge on any atom is 0.243 e. The summed E-state index contributed by atoms with van der Waals surface area (Å²) in [5.41, 5.74) is 0. The molecule has 1 amide bonds. The van der Waals surface area contributed by atoms with Crippen LogP contribution in [0.1, 0.15) is 6.92 Å². The first-order valence-electron chi connectivity index (χ1n) is 7.08. The van der Waals surface area contributed by atoms with E-state index in [1.54, 1.807) is 35.5 Å². The molecule has 1 aliphatic rings. The fourth-order valence-corrected chi connectivity index (χ4v) is 4.34. The summed E-state index contributed by atoms with van der Waals surface area (Å²) in [6.07, 6.45) is 3.25. The van der Waals surface area contributed by atoms with E-state index in [0.717, 1.165) is 5.39 Å². The molecule has 1 fully saturated rings. The molecular formula is C15H17N3O3S. The van der Waals surface area contributed by atoms with Crippen molar-refractivity contribution in [1.82, 2.24) is 14.2 Å². The van der Waals surface area contributed by atoms with Gasteiger partial charge in [-0.2, -0.15) is 4.31 Å². The third-order valence-electron chi connectivity index (χ3n) is 3.94. The van der Waals surface area contributed by atoms with Crippen molar-refractivity contribution < 1.29 is 13.2 Å². The van der Waals surface area contributed by atoms with E-state index in [1.165, 1.54) is 11.2 Å². The molecule has 1 saturated heterocycles. The molecule has 6 nitrogen and oxygen atoms in total. The van der Waals surface area contributed by atoms with Gasteiger partial charge in [0.05, 0.1) is 4.90 Å². The molecule has 3 rings (SSSR count). The maximum atomic E-state index is 12.9. The van der Waals surface area contributed by atoms with Crippen LogP contribution in [0.3, 0.4) is 0 Å². The second-order valence-electron chi connectivity index (χ2n) is 5.26. The third-order valence-corrected chi connectivity index (χ3v) is 5.90. The van der Waals surface area contributed by atoms with Gasteiger partial charge in [-0.1, -0.05) is 12.1 Å². The molecular weight excluding hydrogens is 302 g/mol. The molecule has 1 aromatic heterocycles. The molecule has 22 heavy (non-hydrogen) atoms. The number of aromatic nitrogens is 1. The molecule has 1 aliphatic heterocycles. The zero-order valence-corrected chi connectivity index (χ0v) is 13.1. The highest BCUT2D eigenvalue weighted by Crippen LogP contribution is 2.25. The van der Waals surface area contributed by atoms with Crippen molar-refractivity contribution in [2.75, 3.05) is 26.2 Å². The number of rotatable bonds is 2. The average molecular weight is 319 g/mol. The van der Waals surface area contributed by atoms with Gasteiger partial charge in [-0.3, -0.25) is 9.78 Å². The van der Waals surface area contributed by atoms with Crippen LogP contribution in [-0.2, 0) is 14.8 Å². The Bertz CT molecular complexity index is 806. The maximum absolute atomic E-state index is 12.9. The number of carbonyl (C=O) groups is 1. The Morgan fingerprint density at radius 1 is 1.14 bits per heavy atom. The van der Waals surface area contributed by atoms with E-state index in [-0.39, 0.29) is 5.91 Å². The third kappa shape index (κ3) is 2.57. The summed E-state index contributed by atoms with van der Waals surface area (Å²) in [5, 5.41) is 1.47. The topological polar surface area (TPSA) is 70.6 Å². The summed E-state index contributed by atoms with van der Waals surface area (Å²) < 4.78 is 27.2. The monoisotopic (exact) mass is 319 g/mol. The molecule has 0 aliphatic carbocycles. The Morgan fingerprint density at radius 3 is 2.55 bits per heavy atom. The van der Waals surface area contributed by atoms with Gasteiger partial charge in [-0.05, 0) is 12.1 Å². The van der Waals surface area contributed by atoms with E-state index in [4.69, 9.17) is 0 Å². The summed E-state index contributed by atoms with van der Waals surface area (Å²) in [7, 11) is -3.57. The number of hydrogen-bond acceptors (Lipinski definition) is 4. The Hall–Kier alpha value is -1.99. The predicted molar refractivity (Wildman–Crippen MR) is 82.8 cm³/mol. The van der Waals surface area contributed by atoms with Crippen LogP contribution in [0.15, 0.2) is 41.6 Å². The first-order valence-corrected chi connectivity index (χ1v) is 8.52. The van der Waals surface area contributed by atoms with Crippen LogP contribution in [0.2, 0.25) is 0 Å². The second-order valence-corrected chi connectivity index (χ2v) is 7.17. The number of nitrogens with zero attached hydrogens (tertiary/aromatic N) is 3. The van der Waals surface area contributed by atoms with Crippen molar-refractivity contribution in [1.29, 1.82) is 0 Å². The highest BCUT2D eigenvalue weighted by Gasteiger charge is 2.30. The molecule has 0 unspecified atom stereocenters. The van der Waals surface area contributed by atoms with Crippen LogP contribution in [-0.4, -0.2) is 54.7 Å². The summed E-state index contributed by atoms with van der Waals surface area (Å²) in [6.45, 7) is 3.01. The number of hydrogen-bond donors (Lipinski definition) is 0. The van der Waals surface area contributed by atoms with Crippen molar-refractivity contribution in [3.05, 3.63) is 36.7 Å². The normalized spacial score (nSPS) is 16.9. The van der Waals surface area contributed by atoms with Gasteiger partial charge < -0.3 is 4.90 Å². The highest BCUT2D eigenvalue weighted by atomic mass is 32.2. The first kappa shape index (κ1) is 14.9. The molecule has 7 heteroatoms. The summed E-state index contributed by atoms with van der Waals surface area (Å²) >= 11 is 0. The van der Waals surface area contributed by atoms with Crippen molar-refractivity contribution in [3.63, 3.8) is 0 Å². The van der Waals surface area contributed by atoms with Crippen LogP contribution < -0.4 is 0 Å². The lowest BCUT2D eigenvalue weighted by atomic mass is 10.2. The molecule has 2 heterocycles. The van der Waals surface area contributed by atoms with E-state index < -0.39 is 10.0 Å². The van der Waals surface area contributed by atoms with Crippen LogP contribution >= 0.6 is 0 Å². The average Bonchev–Trinajstić information content (AvgIpc) is 2.54. The Morgan fingerprint density at radius 2 is 1.86 bits per heavy atom. The lowest BCUT2D eigenvalue weighted by molar-refractivity contribution is -0.129. The number of sulfonamides is 1. The van der Waals surface area contributed by atoms with Crippen molar-refractivity contribution in [2.45, 2.75) is 11.8 Å². The molecule has 0 saturated carbocycles. The van der Waals surface area contributed by atoms with Crippen molar-refractivity contribution in [2.24, 2.45) is 0 Å². The van der Waals surface area contributed by atoms with Gasteiger partial charge in [0.1, 0.15) is 0 Å². The zero-order chi connectivity index (χ0) is 15.7. The zero-order valence-electron chi connectivity index (χ0n) is 12.3. The van der Waals surface area contributed by atoms with Gasteiger partial charge >= 0.3 is 0 Å². The standard InChI is InChI=1S/C15H17N3O3S/c1-12(19)17-7-9-18(10-8-17)22(20,21)15-4-2-3-13-11-16-6-5-14(13)15/h2-6,11H,7-10H2,1H3. The lowest BCUT2D eigenvalue weighted by Gasteiger charge is -2.33. The van der Waals surface area contributed by atoms with Gasteiger partial charge in [-0.15, -0.1) is 0 Å².